The highest BCUT2D eigenvalue weighted by Crippen LogP contribution is 2.47. The molecular formula is C22H23ClO3. The van der Waals surface area contributed by atoms with Gasteiger partial charge in [-0.2, -0.15) is 0 Å². The third-order valence-corrected chi connectivity index (χ3v) is 5.82. The number of aryl methyl sites for hydroxylation is 1. The molecule has 1 aliphatic heterocycles. The Morgan fingerprint density at radius 3 is 2.15 bits per heavy atom. The van der Waals surface area contributed by atoms with Crippen molar-refractivity contribution in [3.63, 3.8) is 0 Å². The Kier molecular flexibility index (Phi) is 4.40. The fraction of sp³-hybridized carbons (Fsp3) is 0.318. The second-order valence-electron chi connectivity index (χ2n) is 7.79. The number of cyclic esters (lactones) is 1. The first-order valence-electron chi connectivity index (χ1n) is 8.58. The van der Waals surface area contributed by atoms with Gasteiger partial charge in [-0.3, -0.25) is 0 Å². The van der Waals surface area contributed by atoms with Crippen LogP contribution in [0, 0.1) is 12.3 Å². The maximum absolute atomic E-state index is 12.7. The standard InChI is InChI=1S/C22H23ClO3/c1-13-6-7-15(14-8-10-16(23)11-9-14)12-17(13)18-19(24)21(2,3)22(4,5)26-20(18)25/h6-12,24H,1-5H3. The molecule has 1 heterocycles. The van der Waals surface area contributed by atoms with Gasteiger partial charge >= 0.3 is 5.97 Å². The number of rotatable bonds is 2. The molecule has 0 aromatic heterocycles. The monoisotopic (exact) mass is 370 g/mol. The highest BCUT2D eigenvalue weighted by atomic mass is 35.5. The Morgan fingerprint density at radius 2 is 1.54 bits per heavy atom. The normalized spacial score (nSPS) is 18.6. The molecule has 0 radical (unpaired) electrons. The maximum atomic E-state index is 12.7. The predicted octanol–water partition coefficient (Wildman–Crippen LogP) is 5.95. The van der Waals surface area contributed by atoms with E-state index in [1.54, 1.807) is 0 Å². The minimum atomic E-state index is -0.792. The van der Waals surface area contributed by atoms with Crippen molar-refractivity contribution in [2.75, 3.05) is 0 Å². The van der Waals surface area contributed by atoms with Gasteiger partial charge in [0.15, 0.2) is 0 Å². The van der Waals surface area contributed by atoms with Crippen molar-refractivity contribution in [3.05, 3.63) is 64.4 Å². The summed E-state index contributed by atoms with van der Waals surface area (Å²) in [4.78, 5) is 12.7. The lowest BCUT2D eigenvalue weighted by Crippen LogP contribution is -2.48. The smallest absolute Gasteiger partial charge is 0.342 e. The van der Waals surface area contributed by atoms with Crippen LogP contribution in [0.4, 0.5) is 0 Å². The molecule has 1 N–H and O–H groups in total. The summed E-state index contributed by atoms with van der Waals surface area (Å²) < 4.78 is 5.67. The molecule has 2 aromatic carbocycles. The van der Waals surface area contributed by atoms with Gasteiger partial charge in [-0.15, -0.1) is 0 Å². The third-order valence-electron chi connectivity index (χ3n) is 5.57. The number of esters is 1. The van der Waals surface area contributed by atoms with E-state index in [1.807, 2.05) is 77.1 Å². The van der Waals surface area contributed by atoms with Gasteiger partial charge in [0.2, 0.25) is 0 Å². The van der Waals surface area contributed by atoms with Gasteiger partial charge in [0.05, 0.1) is 5.41 Å². The Morgan fingerprint density at radius 1 is 0.962 bits per heavy atom. The van der Waals surface area contributed by atoms with Gasteiger partial charge in [0, 0.05) is 5.02 Å². The molecule has 0 spiro atoms. The van der Waals surface area contributed by atoms with E-state index in [2.05, 4.69) is 0 Å². The topological polar surface area (TPSA) is 46.5 Å². The van der Waals surface area contributed by atoms with Crippen LogP contribution in [-0.2, 0) is 9.53 Å². The number of carbonyl (C=O) groups is 1. The number of carbonyl (C=O) groups excluding carboxylic acids is 1. The van der Waals surface area contributed by atoms with Crippen molar-refractivity contribution in [3.8, 4) is 11.1 Å². The number of benzene rings is 2. The second kappa shape index (κ2) is 6.17. The van der Waals surface area contributed by atoms with Crippen molar-refractivity contribution in [2.45, 2.75) is 40.2 Å². The molecular weight excluding hydrogens is 348 g/mol. The minimum absolute atomic E-state index is 0.0649. The molecule has 0 unspecified atom stereocenters. The molecule has 0 atom stereocenters. The van der Waals surface area contributed by atoms with E-state index in [-0.39, 0.29) is 11.3 Å². The third kappa shape index (κ3) is 2.90. The first kappa shape index (κ1) is 18.5. The predicted molar refractivity (Wildman–Crippen MR) is 105 cm³/mol. The van der Waals surface area contributed by atoms with Crippen LogP contribution in [0.1, 0.15) is 38.8 Å². The highest BCUT2D eigenvalue weighted by Gasteiger charge is 2.50. The van der Waals surface area contributed by atoms with Crippen LogP contribution < -0.4 is 0 Å². The van der Waals surface area contributed by atoms with Crippen molar-refractivity contribution in [1.29, 1.82) is 0 Å². The highest BCUT2D eigenvalue weighted by molar-refractivity contribution is 6.30. The first-order valence-corrected chi connectivity index (χ1v) is 8.96. The summed E-state index contributed by atoms with van der Waals surface area (Å²) in [6, 6.07) is 13.4. The lowest BCUT2D eigenvalue weighted by atomic mass is 9.71. The Balaban J connectivity index is 2.19. The number of halogens is 1. The number of aliphatic hydroxyl groups is 1. The zero-order valence-corrected chi connectivity index (χ0v) is 16.4. The molecule has 3 nitrogen and oxygen atoms in total. The average molecular weight is 371 g/mol. The number of hydrogen-bond acceptors (Lipinski definition) is 3. The number of ether oxygens (including phenoxy) is 1. The average Bonchev–Trinajstić information content (AvgIpc) is 2.55. The molecule has 4 heteroatoms. The van der Waals surface area contributed by atoms with E-state index < -0.39 is 17.0 Å². The van der Waals surface area contributed by atoms with Crippen molar-refractivity contribution >= 4 is 23.1 Å². The molecule has 0 bridgehead atoms. The van der Waals surface area contributed by atoms with E-state index >= 15 is 0 Å². The molecule has 0 amide bonds. The van der Waals surface area contributed by atoms with E-state index in [1.165, 1.54) is 0 Å². The lowest BCUT2D eigenvalue weighted by molar-refractivity contribution is -0.164. The zero-order chi connectivity index (χ0) is 19.3. The van der Waals surface area contributed by atoms with Gasteiger partial charge in [-0.25, -0.2) is 4.79 Å². The molecule has 0 fully saturated rings. The second-order valence-corrected chi connectivity index (χ2v) is 8.22. The van der Waals surface area contributed by atoms with Crippen molar-refractivity contribution in [1.82, 2.24) is 0 Å². The van der Waals surface area contributed by atoms with Gasteiger partial charge in [0.25, 0.3) is 0 Å². The summed E-state index contributed by atoms with van der Waals surface area (Å²) in [7, 11) is 0. The fourth-order valence-corrected chi connectivity index (χ4v) is 3.18. The van der Waals surface area contributed by atoms with Crippen molar-refractivity contribution < 1.29 is 14.6 Å². The molecule has 0 saturated heterocycles. The Hall–Kier alpha value is -2.26. The van der Waals surface area contributed by atoms with Crippen LogP contribution in [0.5, 0.6) is 0 Å². The molecule has 3 rings (SSSR count). The number of hydrogen-bond donors (Lipinski definition) is 1. The quantitative estimate of drug-likeness (QED) is 0.665. The molecule has 0 aliphatic carbocycles. The van der Waals surface area contributed by atoms with Gasteiger partial charge in [0.1, 0.15) is 16.9 Å². The van der Waals surface area contributed by atoms with E-state index in [9.17, 15) is 9.90 Å². The van der Waals surface area contributed by atoms with Crippen LogP contribution in [-0.4, -0.2) is 16.7 Å². The van der Waals surface area contributed by atoms with Crippen molar-refractivity contribution in [2.24, 2.45) is 5.41 Å². The first-order chi connectivity index (χ1) is 12.0. The molecule has 136 valence electrons. The van der Waals surface area contributed by atoms with E-state index in [0.29, 0.717) is 10.6 Å². The molecule has 0 saturated carbocycles. The van der Waals surface area contributed by atoms with Crippen LogP contribution in [0.2, 0.25) is 5.02 Å². The SMILES string of the molecule is Cc1ccc(-c2ccc(Cl)cc2)cc1C1=C(O)C(C)(C)C(C)(C)OC1=O. The number of aliphatic hydroxyl groups excluding tert-OH is 1. The fourth-order valence-electron chi connectivity index (χ4n) is 3.06. The van der Waals surface area contributed by atoms with Crippen LogP contribution in [0.15, 0.2) is 48.2 Å². The summed E-state index contributed by atoms with van der Waals surface area (Å²) in [6.45, 7) is 9.31. The molecule has 1 aliphatic rings. The molecule has 26 heavy (non-hydrogen) atoms. The molecule has 2 aromatic rings. The summed E-state index contributed by atoms with van der Waals surface area (Å²) in [5.74, 6) is -0.432. The van der Waals surface area contributed by atoms with Crippen LogP contribution in [0.25, 0.3) is 16.7 Å². The van der Waals surface area contributed by atoms with Gasteiger partial charge < -0.3 is 9.84 Å². The van der Waals surface area contributed by atoms with E-state index in [4.69, 9.17) is 16.3 Å². The van der Waals surface area contributed by atoms with E-state index in [0.717, 1.165) is 16.7 Å². The summed E-state index contributed by atoms with van der Waals surface area (Å²) in [5, 5.41) is 11.6. The van der Waals surface area contributed by atoms with Gasteiger partial charge in [-0.05, 0) is 75.1 Å². The lowest BCUT2D eigenvalue weighted by Gasteiger charge is -2.44. The summed E-state index contributed by atoms with van der Waals surface area (Å²) >= 11 is 5.97. The van der Waals surface area contributed by atoms with Crippen LogP contribution >= 0.6 is 11.6 Å². The minimum Gasteiger partial charge on any atom is -0.511 e. The maximum Gasteiger partial charge on any atom is 0.342 e. The zero-order valence-electron chi connectivity index (χ0n) is 15.7. The van der Waals surface area contributed by atoms with Crippen LogP contribution in [0.3, 0.4) is 0 Å². The Labute approximate surface area is 159 Å². The van der Waals surface area contributed by atoms with Gasteiger partial charge in [-0.1, -0.05) is 35.9 Å². The summed E-state index contributed by atoms with van der Waals surface area (Å²) in [6.07, 6.45) is 0. The Bertz CT molecular complexity index is 905. The largest absolute Gasteiger partial charge is 0.511 e. The summed E-state index contributed by atoms with van der Waals surface area (Å²) in [5.41, 5.74) is 2.26.